The number of nitrogens with one attached hydrogen (secondary N) is 1. The molecule has 3 nitrogen and oxygen atoms in total. The molecule has 2 fully saturated rings. The van der Waals surface area contributed by atoms with E-state index in [0.717, 1.165) is 37.8 Å². The Kier molecular flexibility index (Phi) is 4.36. The standard InChI is InChI=1S/C16H24N2O/c1-2-12-18(13-3-1)19-16-6-4-14(5-7-16)15-8-10-17-11-9-15/h4-7,15,17H,1-3,8-13H2. The summed E-state index contributed by atoms with van der Waals surface area (Å²) < 4.78 is 0. The largest absolute Gasteiger partial charge is 0.406 e. The van der Waals surface area contributed by atoms with Gasteiger partial charge in [-0.05, 0) is 62.4 Å². The Morgan fingerprint density at radius 2 is 1.63 bits per heavy atom. The second-order valence-corrected chi connectivity index (χ2v) is 5.67. The number of rotatable bonds is 3. The fourth-order valence-corrected chi connectivity index (χ4v) is 3.06. The van der Waals surface area contributed by atoms with Crippen LogP contribution in [0, 0.1) is 0 Å². The summed E-state index contributed by atoms with van der Waals surface area (Å²) in [6.07, 6.45) is 6.37. The van der Waals surface area contributed by atoms with Crippen LogP contribution in [0.2, 0.25) is 0 Å². The van der Waals surface area contributed by atoms with Crippen molar-refractivity contribution >= 4 is 0 Å². The van der Waals surface area contributed by atoms with Crippen molar-refractivity contribution in [3.05, 3.63) is 29.8 Å². The van der Waals surface area contributed by atoms with E-state index >= 15 is 0 Å². The molecule has 1 aromatic rings. The van der Waals surface area contributed by atoms with E-state index in [9.17, 15) is 0 Å². The van der Waals surface area contributed by atoms with Crippen LogP contribution >= 0.6 is 0 Å². The zero-order valence-corrected chi connectivity index (χ0v) is 11.6. The van der Waals surface area contributed by atoms with Gasteiger partial charge in [0.05, 0.1) is 0 Å². The molecular weight excluding hydrogens is 236 g/mol. The van der Waals surface area contributed by atoms with E-state index < -0.39 is 0 Å². The smallest absolute Gasteiger partial charge is 0.147 e. The molecule has 3 heteroatoms. The van der Waals surface area contributed by atoms with Crippen LogP contribution in [-0.2, 0) is 0 Å². The van der Waals surface area contributed by atoms with Crippen LogP contribution in [0.1, 0.15) is 43.6 Å². The summed E-state index contributed by atoms with van der Waals surface area (Å²) in [5, 5.41) is 5.52. The lowest BCUT2D eigenvalue weighted by Gasteiger charge is -2.26. The van der Waals surface area contributed by atoms with Crippen LogP contribution in [0.25, 0.3) is 0 Å². The van der Waals surface area contributed by atoms with Gasteiger partial charge in [0.2, 0.25) is 0 Å². The predicted molar refractivity (Wildman–Crippen MR) is 77.3 cm³/mol. The van der Waals surface area contributed by atoms with E-state index in [0.29, 0.717) is 0 Å². The third-order valence-electron chi connectivity index (χ3n) is 4.24. The van der Waals surface area contributed by atoms with Gasteiger partial charge in [-0.2, -0.15) is 0 Å². The van der Waals surface area contributed by atoms with Crippen molar-refractivity contribution in [1.82, 2.24) is 10.4 Å². The van der Waals surface area contributed by atoms with Crippen LogP contribution in [-0.4, -0.2) is 31.2 Å². The lowest BCUT2D eigenvalue weighted by Crippen LogP contribution is -2.32. The minimum Gasteiger partial charge on any atom is -0.406 e. The Balaban J connectivity index is 1.58. The second kappa shape index (κ2) is 6.40. The summed E-state index contributed by atoms with van der Waals surface area (Å²) in [7, 11) is 0. The highest BCUT2D eigenvalue weighted by Gasteiger charge is 2.15. The van der Waals surface area contributed by atoms with Crippen LogP contribution in [0.4, 0.5) is 0 Å². The van der Waals surface area contributed by atoms with Crippen molar-refractivity contribution in [2.24, 2.45) is 0 Å². The van der Waals surface area contributed by atoms with E-state index in [-0.39, 0.29) is 0 Å². The Hall–Kier alpha value is -1.06. The highest BCUT2D eigenvalue weighted by atomic mass is 16.7. The van der Waals surface area contributed by atoms with Crippen molar-refractivity contribution < 1.29 is 4.84 Å². The van der Waals surface area contributed by atoms with E-state index in [2.05, 4.69) is 34.6 Å². The predicted octanol–water partition coefficient (Wildman–Crippen LogP) is 2.93. The summed E-state index contributed by atoms with van der Waals surface area (Å²) in [5.74, 6) is 1.71. The molecule has 0 amide bonds. The zero-order valence-electron chi connectivity index (χ0n) is 11.6. The average Bonchev–Trinajstić information content (AvgIpc) is 2.50. The van der Waals surface area contributed by atoms with Gasteiger partial charge in [-0.15, -0.1) is 5.06 Å². The van der Waals surface area contributed by atoms with Crippen LogP contribution < -0.4 is 10.2 Å². The lowest BCUT2D eigenvalue weighted by molar-refractivity contribution is -0.0720. The van der Waals surface area contributed by atoms with Gasteiger partial charge < -0.3 is 10.2 Å². The van der Waals surface area contributed by atoms with Gasteiger partial charge in [-0.1, -0.05) is 18.6 Å². The van der Waals surface area contributed by atoms with Crippen molar-refractivity contribution in [2.45, 2.75) is 38.0 Å². The zero-order chi connectivity index (χ0) is 12.9. The normalized spacial score (nSPS) is 22.3. The van der Waals surface area contributed by atoms with E-state index in [4.69, 9.17) is 4.84 Å². The van der Waals surface area contributed by atoms with Crippen LogP contribution in [0.15, 0.2) is 24.3 Å². The number of hydrogen-bond donors (Lipinski definition) is 1. The minimum atomic E-state index is 0.727. The van der Waals surface area contributed by atoms with E-state index in [1.54, 1.807) is 0 Å². The highest BCUT2D eigenvalue weighted by molar-refractivity contribution is 5.29. The topological polar surface area (TPSA) is 24.5 Å². The molecule has 2 aliphatic heterocycles. The summed E-state index contributed by atoms with van der Waals surface area (Å²) in [4.78, 5) is 5.92. The van der Waals surface area contributed by atoms with Gasteiger partial charge in [0.15, 0.2) is 0 Å². The van der Waals surface area contributed by atoms with Crippen molar-refractivity contribution in [1.29, 1.82) is 0 Å². The van der Waals surface area contributed by atoms with Gasteiger partial charge in [-0.3, -0.25) is 0 Å². The van der Waals surface area contributed by atoms with Crippen molar-refractivity contribution in [3.8, 4) is 5.75 Å². The van der Waals surface area contributed by atoms with E-state index in [1.807, 2.05) is 0 Å². The molecule has 0 atom stereocenters. The maximum absolute atomic E-state index is 5.92. The van der Waals surface area contributed by atoms with Gasteiger partial charge >= 0.3 is 0 Å². The van der Waals surface area contributed by atoms with Gasteiger partial charge in [0.1, 0.15) is 5.75 Å². The minimum absolute atomic E-state index is 0.727. The molecule has 0 unspecified atom stereocenters. The number of nitrogens with zero attached hydrogens (tertiary/aromatic N) is 1. The first-order valence-electron chi connectivity index (χ1n) is 7.65. The third kappa shape index (κ3) is 3.48. The highest BCUT2D eigenvalue weighted by Crippen LogP contribution is 2.27. The summed E-state index contributed by atoms with van der Waals surface area (Å²) in [5.41, 5.74) is 1.47. The van der Waals surface area contributed by atoms with Crippen LogP contribution in [0.5, 0.6) is 5.75 Å². The van der Waals surface area contributed by atoms with E-state index in [1.165, 1.54) is 37.7 Å². The quantitative estimate of drug-likeness (QED) is 0.904. The Morgan fingerprint density at radius 3 is 2.32 bits per heavy atom. The molecule has 0 radical (unpaired) electrons. The molecule has 0 aromatic heterocycles. The van der Waals surface area contributed by atoms with Gasteiger partial charge in [-0.25, -0.2) is 0 Å². The molecule has 104 valence electrons. The number of piperidine rings is 2. The lowest BCUT2D eigenvalue weighted by atomic mass is 9.90. The third-order valence-corrected chi connectivity index (χ3v) is 4.24. The van der Waals surface area contributed by atoms with Crippen LogP contribution in [0.3, 0.4) is 0 Å². The summed E-state index contributed by atoms with van der Waals surface area (Å²) in [6, 6.07) is 8.75. The molecule has 2 saturated heterocycles. The summed E-state index contributed by atoms with van der Waals surface area (Å²) >= 11 is 0. The molecule has 19 heavy (non-hydrogen) atoms. The molecule has 1 N–H and O–H groups in total. The number of hydrogen-bond acceptors (Lipinski definition) is 3. The first kappa shape index (κ1) is 12.9. The first-order valence-corrected chi connectivity index (χ1v) is 7.65. The van der Waals surface area contributed by atoms with Crippen molar-refractivity contribution in [3.63, 3.8) is 0 Å². The molecule has 0 spiro atoms. The second-order valence-electron chi connectivity index (χ2n) is 5.67. The Labute approximate surface area is 115 Å². The SMILES string of the molecule is c1cc(C2CCNCC2)ccc1ON1CCCCC1. The van der Waals surface area contributed by atoms with Gasteiger partial charge in [0.25, 0.3) is 0 Å². The summed E-state index contributed by atoms with van der Waals surface area (Å²) in [6.45, 7) is 4.43. The molecule has 1 aromatic carbocycles. The Morgan fingerprint density at radius 1 is 0.947 bits per heavy atom. The first-order chi connectivity index (χ1) is 9.42. The maximum atomic E-state index is 5.92. The fourth-order valence-electron chi connectivity index (χ4n) is 3.06. The fraction of sp³-hybridized carbons (Fsp3) is 0.625. The molecule has 0 saturated carbocycles. The van der Waals surface area contributed by atoms with Gasteiger partial charge in [0, 0.05) is 13.1 Å². The molecule has 2 aliphatic rings. The average molecular weight is 260 g/mol. The number of hydroxylamine groups is 2. The van der Waals surface area contributed by atoms with Crippen molar-refractivity contribution in [2.75, 3.05) is 26.2 Å². The molecule has 0 aliphatic carbocycles. The molecule has 0 bridgehead atoms. The number of benzene rings is 1. The maximum Gasteiger partial charge on any atom is 0.147 e. The monoisotopic (exact) mass is 260 g/mol. The Bertz CT molecular complexity index is 378. The molecule has 3 rings (SSSR count). The molecule has 2 heterocycles. The molecular formula is C16H24N2O.